The average molecular weight is 210 g/mol. The summed E-state index contributed by atoms with van der Waals surface area (Å²) in [5.74, 6) is 0.749. The molecule has 0 fully saturated rings. The van der Waals surface area contributed by atoms with Gasteiger partial charge in [-0.3, -0.25) is 0 Å². The molecule has 0 aliphatic carbocycles. The molecule has 1 rings (SSSR count). The van der Waals surface area contributed by atoms with E-state index in [0.29, 0.717) is 11.5 Å². The molecule has 0 aromatic carbocycles. The Morgan fingerprint density at radius 2 is 2.13 bits per heavy atom. The highest BCUT2D eigenvalue weighted by molar-refractivity contribution is 5.35. The highest BCUT2D eigenvalue weighted by atomic mass is 16.4. The largest absolute Gasteiger partial charge is 0.507 e. The zero-order chi connectivity index (χ0) is 11.4. The molecule has 0 aliphatic heterocycles. The topological polar surface area (TPSA) is 50.4 Å². The van der Waals surface area contributed by atoms with Gasteiger partial charge in [0.05, 0.1) is 5.56 Å². The highest BCUT2D eigenvalue weighted by Gasteiger charge is 2.09. The fraction of sp³-hybridized carbons (Fsp3) is 0.583. The first kappa shape index (κ1) is 11.8. The average Bonchev–Trinajstić information content (AvgIpc) is 2.18. The van der Waals surface area contributed by atoms with Gasteiger partial charge in [-0.05, 0) is 25.7 Å². The molecular formula is C12H18O3. The quantitative estimate of drug-likeness (QED) is 0.831. The summed E-state index contributed by atoms with van der Waals surface area (Å²) in [5.41, 5.74) is 0.574. The third-order valence-corrected chi connectivity index (χ3v) is 2.50. The van der Waals surface area contributed by atoms with Crippen molar-refractivity contribution in [2.45, 2.75) is 40.0 Å². The lowest BCUT2D eigenvalue weighted by molar-refractivity contribution is 0.425. The Kier molecular flexibility index (Phi) is 3.95. The summed E-state index contributed by atoms with van der Waals surface area (Å²) in [6.07, 6.45) is 4.23. The Morgan fingerprint density at radius 1 is 1.47 bits per heavy atom. The maximum Gasteiger partial charge on any atom is 0.342 e. The van der Waals surface area contributed by atoms with Crippen LogP contribution in [-0.4, -0.2) is 5.11 Å². The van der Waals surface area contributed by atoms with Gasteiger partial charge in [0.15, 0.2) is 0 Å². The Labute approximate surface area is 89.7 Å². The fourth-order valence-electron chi connectivity index (χ4n) is 1.48. The van der Waals surface area contributed by atoms with Crippen LogP contribution in [0.5, 0.6) is 5.75 Å². The molecule has 0 atom stereocenters. The summed E-state index contributed by atoms with van der Waals surface area (Å²) >= 11 is 0. The maximum atomic E-state index is 11.0. The van der Waals surface area contributed by atoms with Crippen molar-refractivity contribution in [3.63, 3.8) is 0 Å². The lowest BCUT2D eigenvalue weighted by Crippen LogP contribution is -2.04. The Morgan fingerprint density at radius 3 is 2.73 bits per heavy atom. The molecule has 1 heterocycles. The summed E-state index contributed by atoms with van der Waals surface area (Å²) in [5, 5.41) is 9.68. The van der Waals surface area contributed by atoms with Gasteiger partial charge in [0.1, 0.15) is 12.0 Å². The van der Waals surface area contributed by atoms with Crippen molar-refractivity contribution < 1.29 is 9.52 Å². The van der Waals surface area contributed by atoms with Gasteiger partial charge in [0, 0.05) is 5.56 Å². The molecule has 1 aromatic heterocycles. The number of hydrogen-bond donors (Lipinski definition) is 1. The minimum absolute atomic E-state index is 0.0926. The van der Waals surface area contributed by atoms with E-state index in [9.17, 15) is 9.90 Å². The number of aryl methyl sites for hydroxylation is 1. The summed E-state index contributed by atoms with van der Waals surface area (Å²) in [6.45, 7) is 5.90. The summed E-state index contributed by atoms with van der Waals surface area (Å²) in [6, 6.07) is 0. The lowest BCUT2D eigenvalue weighted by Gasteiger charge is -2.06. The van der Waals surface area contributed by atoms with Crippen LogP contribution in [0.25, 0.3) is 0 Å². The second-order valence-corrected chi connectivity index (χ2v) is 4.31. The van der Waals surface area contributed by atoms with Gasteiger partial charge in [-0.25, -0.2) is 4.79 Å². The van der Waals surface area contributed by atoms with Crippen molar-refractivity contribution in [2.24, 2.45) is 5.92 Å². The molecular weight excluding hydrogens is 192 g/mol. The van der Waals surface area contributed by atoms with Crippen LogP contribution in [0.2, 0.25) is 0 Å². The molecule has 0 unspecified atom stereocenters. The number of hydrogen-bond acceptors (Lipinski definition) is 3. The molecule has 3 heteroatoms. The van der Waals surface area contributed by atoms with Gasteiger partial charge in [-0.15, -0.1) is 0 Å². The van der Waals surface area contributed by atoms with Gasteiger partial charge >= 0.3 is 5.63 Å². The molecule has 1 aromatic rings. The summed E-state index contributed by atoms with van der Waals surface area (Å²) in [4.78, 5) is 11.0. The standard InChI is InChI=1S/C12H18O3/c1-8(2)5-4-6-10-7-15-12(14)9(3)11(10)13/h7-8,13H,4-6H2,1-3H3. The number of rotatable bonds is 4. The Balaban J connectivity index is 2.70. The third kappa shape index (κ3) is 3.11. The highest BCUT2D eigenvalue weighted by Crippen LogP contribution is 2.21. The monoisotopic (exact) mass is 210 g/mol. The first-order valence-electron chi connectivity index (χ1n) is 5.32. The van der Waals surface area contributed by atoms with Crippen LogP contribution in [0.1, 0.15) is 37.8 Å². The van der Waals surface area contributed by atoms with Crippen molar-refractivity contribution >= 4 is 0 Å². The van der Waals surface area contributed by atoms with Crippen LogP contribution in [-0.2, 0) is 6.42 Å². The smallest absolute Gasteiger partial charge is 0.342 e. The van der Waals surface area contributed by atoms with E-state index in [2.05, 4.69) is 13.8 Å². The molecule has 0 saturated carbocycles. The predicted octanol–water partition coefficient (Wildman–Crippen LogP) is 2.63. The van der Waals surface area contributed by atoms with Crippen molar-refractivity contribution in [1.82, 2.24) is 0 Å². The molecule has 0 saturated heterocycles. The molecule has 0 bridgehead atoms. The summed E-state index contributed by atoms with van der Waals surface area (Å²) in [7, 11) is 0. The third-order valence-electron chi connectivity index (χ3n) is 2.50. The SMILES string of the molecule is Cc1c(O)c(CCCC(C)C)coc1=O. The van der Waals surface area contributed by atoms with Crippen LogP contribution in [0.15, 0.2) is 15.5 Å². The van der Waals surface area contributed by atoms with Crippen LogP contribution in [0.4, 0.5) is 0 Å². The zero-order valence-corrected chi connectivity index (χ0v) is 9.54. The lowest BCUT2D eigenvalue weighted by atomic mass is 10.0. The van der Waals surface area contributed by atoms with Crippen molar-refractivity contribution in [3.8, 4) is 5.75 Å². The second kappa shape index (κ2) is 5.01. The van der Waals surface area contributed by atoms with Gasteiger partial charge < -0.3 is 9.52 Å². The van der Waals surface area contributed by atoms with Crippen molar-refractivity contribution in [1.29, 1.82) is 0 Å². The van der Waals surface area contributed by atoms with Gasteiger partial charge in [0.25, 0.3) is 0 Å². The van der Waals surface area contributed by atoms with E-state index in [4.69, 9.17) is 4.42 Å². The van der Waals surface area contributed by atoms with Crippen molar-refractivity contribution in [2.75, 3.05) is 0 Å². The number of aromatic hydroxyl groups is 1. The van der Waals surface area contributed by atoms with E-state index in [1.165, 1.54) is 6.26 Å². The predicted molar refractivity (Wildman–Crippen MR) is 59.2 cm³/mol. The van der Waals surface area contributed by atoms with Gasteiger partial charge in [-0.2, -0.15) is 0 Å². The fourth-order valence-corrected chi connectivity index (χ4v) is 1.48. The normalized spacial score (nSPS) is 10.9. The molecule has 0 spiro atoms. The van der Waals surface area contributed by atoms with E-state index >= 15 is 0 Å². The van der Waals surface area contributed by atoms with Crippen LogP contribution < -0.4 is 5.63 Å². The molecule has 0 aliphatic rings. The molecule has 1 N–H and O–H groups in total. The van der Waals surface area contributed by atoms with Gasteiger partial charge in [0.2, 0.25) is 0 Å². The minimum Gasteiger partial charge on any atom is -0.507 e. The Bertz CT molecular complexity index is 377. The Hall–Kier alpha value is -1.25. The first-order chi connectivity index (χ1) is 7.02. The van der Waals surface area contributed by atoms with E-state index in [0.717, 1.165) is 24.8 Å². The van der Waals surface area contributed by atoms with Crippen LogP contribution in [0.3, 0.4) is 0 Å². The van der Waals surface area contributed by atoms with E-state index < -0.39 is 5.63 Å². The maximum absolute atomic E-state index is 11.0. The molecule has 0 amide bonds. The van der Waals surface area contributed by atoms with E-state index in [1.807, 2.05) is 0 Å². The molecule has 84 valence electrons. The molecule has 15 heavy (non-hydrogen) atoms. The first-order valence-corrected chi connectivity index (χ1v) is 5.32. The molecule has 0 radical (unpaired) electrons. The minimum atomic E-state index is -0.458. The second-order valence-electron chi connectivity index (χ2n) is 4.31. The van der Waals surface area contributed by atoms with E-state index in [-0.39, 0.29) is 5.75 Å². The van der Waals surface area contributed by atoms with Crippen molar-refractivity contribution in [3.05, 3.63) is 27.8 Å². The van der Waals surface area contributed by atoms with Crippen LogP contribution in [0, 0.1) is 12.8 Å². The molecule has 3 nitrogen and oxygen atoms in total. The van der Waals surface area contributed by atoms with E-state index in [1.54, 1.807) is 6.92 Å². The van der Waals surface area contributed by atoms with Crippen LogP contribution >= 0.6 is 0 Å². The zero-order valence-electron chi connectivity index (χ0n) is 9.54. The van der Waals surface area contributed by atoms with Gasteiger partial charge in [-0.1, -0.05) is 20.3 Å². The summed E-state index contributed by atoms with van der Waals surface area (Å²) < 4.78 is 4.81.